The molecule has 2 N–H and O–H groups in total. The van der Waals surface area contributed by atoms with Gasteiger partial charge in [-0.3, -0.25) is 0 Å². The number of hydrogen-bond acceptors (Lipinski definition) is 6. The average Bonchev–Trinajstić information content (AvgIpc) is 2.52. The van der Waals surface area contributed by atoms with Gasteiger partial charge in [0.05, 0.1) is 0 Å². The molecule has 0 radical (unpaired) electrons. The monoisotopic (exact) mass is 212 g/mol. The minimum atomic E-state index is -1.18. The molecular weight excluding hydrogens is 200 g/mol. The maximum absolute atomic E-state index is 11.5. The highest BCUT2D eigenvalue weighted by molar-refractivity contribution is 6.15. The van der Waals surface area contributed by atoms with Crippen LogP contribution in [0.2, 0.25) is 0 Å². The largest absolute Gasteiger partial charge is 0.419 e. The molecule has 15 heavy (non-hydrogen) atoms. The predicted octanol–water partition coefficient (Wildman–Crippen LogP) is -0.773. The van der Waals surface area contributed by atoms with Gasteiger partial charge in [-0.15, -0.1) is 0 Å². The molecule has 2 heterocycles. The second-order valence-corrected chi connectivity index (χ2v) is 3.78. The highest BCUT2D eigenvalue weighted by atomic mass is 16.7. The molecule has 0 aromatic rings. The van der Waals surface area contributed by atoms with Crippen LogP contribution in [0, 0.1) is 0 Å². The second kappa shape index (κ2) is 3.15. The SMILES string of the molecule is CC1(C)OC(=O)C(=C2NCCN2)C(=O)O1. The molecule has 0 unspecified atom stereocenters. The van der Waals surface area contributed by atoms with Crippen molar-refractivity contribution >= 4 is 11.9 Å². The smallest absolute Gasteiger partial charge is 0.352 e. The molecule has 0 amide bonds. The number of carbonyl (C=O) groups is 2. The van der Waals surface area contributed by atoms with Gasteiger partial charge in [-0.2, -0.15) is 0 Å². The number of esters is 2. The van der Waals surface area contributed by atoms with Crippen molar-refractivity contribution in [3.05, 3.63) is 11.4 Å². The molecule has 0 aromatic carbocycles. The van der Waals surface area contributed by atoms with E-state index in [2.05, 4.69) is 10.6 Å². The van der Waals surface area contributed by atoms with E-state index in [-0.39, 0.29) is 5.57 Å². The molecular formula is C9H12N2O4. The highest BCUT2D eigenvalue weighted by Gasteiger charge is 2.41. The number of rotatable bonds is 0. The molecule has 0 spiro atoms. The van der Waals surface area contributed by atoms with Gasteiger partial charge in [-0.25, -0.2) is 9.59 Å². The first-order valence-corrected chi connectivity index (χ1v) is 4.68. The van der Waals surface area contributed by atoms with Gasteiger partial charge in [0.2, 0.25) is 0 Å². The number of ether oxygens (including phenoxy) is 2. The molecule has 2 aliphatic rings. The van der Waals surface area contributed by atoms with Crippen LogP contribution in [0.5, 0.6) is 0 Å². The Labute approximate surface area is 86.6 Å². The first-order valence-electron chi connectivity index (χ1n) is 4.68. The van der Waals surface area contributed by atoms with Crippen molar-refractivity contribution in [3.8, 4) is 0 Å². The van der Waals surface area contributed by atoms with Gasteiger partial charge >= 0.3 is 11.9 Å². The number of nitrogens with one attached hydrogen (secondary N) is 2. The molecule has 6 heteroatoms. The molecule has 0 aromatic heterocycles. The molecule has 0 atom stereocenters. The Bertz CT molecular complexity index is 329. The standard InChI is InChI=1S/C9H12N2O4/c1-9(2)14-7(12)5(8(13)15-9)6-10-3-4-11-6/h10-11H,3-4H2,1-2H3. The van der Waals surface area contributed by atoms with E-state index in [1.807, 2.05) is 0 Å². The van der Waals surface area contributed by atoms with Crippen molar-refractivity contribution in [1.82, 2.24) is 10.6 Å². The summed E-state index contributed by atoms with van der Waals surface area (Å²) in [7, 11) is 0. The maximum atomic E-state index is 11.5. The van der Waals surface area contributed by atoms with Crippen LogP contribution in [-0.4, -0.2) is 30.8 Å². The van der Waals surface area contributed by atoms with Crippen molar-refractivity contribution in [2.24, 2.45) is 0 Å². The summed E-state index contributed by atoms with van der Waals surface area (Å²) < 4.78 is 9.90. The third kappa shape index (κ3) is 1.74. The average molecular weight is 212 g/mol. The van der Waals surface area contributed by atoms with E-state index in [1.165, 1.54) is 13.8 Å². The predicted molar refractivity (Wildman–Crippen MR) is 49.3 cm³/mol. The van der Waals surface area contributed by atoms with E-state index in [1.54, 1.807) is 0 Å². The molecule has 0 saturated carbocycles. The zero-order valence-corrected chi connectivity index (χ0v) is 8.55. The number of cyclic esters (lactones) is 2. The van der Waals surface area contributed by atoms with E-state index in [9.17, 15) is 9.59 Å². The normalized spacial score (nSPS) is 24.1. The van der Waals surface area contributed by atoms with Crippen LogP contribution in [0.1, 0.15) is 13.8 Å². The molecule has 0 aliphatic carbocycles. The summed E-state index contributed by atoms with van der Waals surface area (Å²) in [5, 5.41) is 5.76. The lowest BCUT2D eigenvalue weighted by Gasteiger charge is -2.30. The fourth-order valence-corrected chi connectivity index (χ4v) is 1.47. The van der Waals surface area contributed by atoms with Crippen LogP contribution in [0.4, 0.5) is 0 Å². The summed E-state index contributed by atoms with van der Waals surface area (Å²) >= 11 is 0. The first kappa shape index (κ1) is 9.82. The summed E-state index contributed by atoms with van der Waals surface area (Å²) in [6.07, 6.45) is 0. The summed E-state index contributed by atoms with van der Waals surface area (Å²) in [5.41, 5.74) is -0.0909. The summed E-state index contributed by atoms with van der Waals surface area (Å²) in [5.74, 6) is -2.11. The lowest BCUT2D eigenvalue weighted by atomic mass is 10.2. The molecule has 0 bridgehead atoms. The van der Waals surface area contributed by atoms with E-state index in [0.29, 0.717) is 18.9 Å². The Morgan fingerprint density at radius 1 is 1.07 bits per heavy atom. The van der Waals surface area contributed by atoms with Gasteiger partial charge in [0, 0.05) is 26.9 Å². The highest BCUT2D eigenvalue weighted by Crippen LogP contribution is 2.23. The molecule has 2 fully saturated rings. The van der Waals surface area contributed by atoms with Crippen molar-refractivity contribution < 1.29 is 19.1 Å². The maximum Gasteiger partial charge on any atom is 0.352 e. The molecule has 6 nitrogen and oxygen atoms in total. The minimum Gasteiger partial charge on any atom is -0.419 e. The Kier molecular flexibility index (Phi) is 2.06. The van der Waals surface area contributed by atoms with Crippen LogP contribution in [0.15, 0.2) is 11.4 Å². The topological polar surface area (TPSA) is 76.7 Å². The van der Waals surface area contributed by atoms with Crippen molar-refractivity contribution in [3.63, 3.8) is 0 Å². The fraction of sp³-hybridized carbons (Fsp3) is 0.556. The van der Waals surface area contributed by atoms with Gasteiger partial charge in [-0.1, -0.05) is 0 Å². The molecule has 2 saturated heterocycles. The van der Waals surface area contributed by atoms with Crippen LogP contribution in [-0.2, 0) is 19.1 Å². The number of carbonyl (C=O) groups excluding carboxylic acids is 2. The van der Waals surface area contributed by atoms with Crippen molar-refractivity contribution in [1.29, 1.82) is 0 Å². The quantitative estimate of drug-likeness (QED) is 0.312. The summed E-state index contributed by atoms with van der Waals surface area (Å²) in [4.78, 5) is 23.1. The molecule has 82 valence electrons. The number of hydrogen-bond donors (Lipinski definition) is 2. The third-order valence-electron chi connectivity index (χ3n) is 2.06. The van der Waals surface area contributed by atoms with E-state index in [0.717, 1.165) is 0 Å². The second-order valence-electron chi connectivity index (χ2n) is 3.78. The van der Waals surface area contributed by atoms with Crippen LogP contribution < -0.4 is 10.6 Å². The lowest BCUT2D eigenvalue weighted by Crippen LogP contribution is -2.43. The Balaban J connectivity index is 2.31. The van der Waals surface area contributed by atoms with Crippen LogP contribution in [0.25, 0.3) is 0 Å². The molecule has 2 aliphatic heterocycles. The first-order chi connectivity index (χ1) is 6.99. The summed E-state index contributed by atoms with van der Waals surface area (Å²) in [6, 6.07) is 0. The lowest BCUT2D eigenvalue weighted by molar-refractivity contribution is -0.222. The van der Waals surface area contributed by atoms with Crippen LogP contribution >= 0.6 is 0 Å². The minimum absolute atomic E-state index is 0.0909. The van der Waals surface area contributed by atoms with Crippen molar-refractivity contribution in [2.75, 3.05) is 13.1 Å². The molecule has 2 rings (SSSR count). The van der Waals surface area contributed by atoms with Gasteiger partial charge in [0.1, 0.15) is 5.82 Å². The van der Waals surface area contributed by atoms with E-state index < -0.39 is 17.7 Å². The van der Waals surface area contributed by atoms with E-state index in [4.69, 9.17) is 9.47 Å². The van der Waals surface area contributed by atoms with Crippen LogP contribution in [0.3, 0.4) is 0 Å². The summed E-state index contributed by atoms with van der Waals surface area (Å²) in [6.45, 7) is 4.37. The zero-order valence-electron chi connectivity index (χ0n) is 8.55. The van der Waals surface area contributed by atoms with Crippen molar-refractivity contribution in [2.45, 2.75) is 19.6 Å². The fourth-order valence-electron chi connectivity index (χ4n) is 1.47. The Morgan fingerprint density at radius 2 is 1.53 bits per heavy atom. The van der Waals surface area contributed by atoms with Gasteiger partial charge in [0.15, 0.2) is 5.57 Å². The van der Waals surface area contributed by atoms with E-state index >= 15 is 0 Å². The zero-order chi connectivity index (χ0) is 11.1. The van der Waals surface area contributed by atoms with Gasteiger partial charge in [-0.05, 0) is 0 Å². The Hall–Kier alpha value is -1.72. The third-order valence-corrected chi connectivity index (χ3v) is 2.06. The Morgan fingerprint density at radius 3 is 2.00 bits per heavy atom. The van der Waals surface area contributed by atoms with Gasteiger partial charge in [0.25, 0.3) is 5.79 Å². The van der Waals surface area contributed by atoms with Gasteiger partial charge < -0.3 is 20.1 Å².